The Balaban J connectivity index is 2.49. The smallest absolute Gasteiger partial charge is 0.124 e. The molecule has 0 fully saturated rings. The molecule has 94 valence electrons. The fourth-order valence-electron chi connectivity index (χ4n) is 2.14. The van der Waals surface area contributed by atoms with E-state index in [2.05, 4.69) is 29.4 Å². The van der Waals surface area contributed by atoms with E-state index in [4.69, 9.17) is 4.74 Å². The Morgan fingerprint density at radius 2 is 1.94 bits per heavy atom. The van der Waals surface area contributed by atoms with Gasteiger partial charge in [0.15, 0.2) is 0 Å². The summed E-state index contributed by atoms with van der Waals surface area (Å²) in [5.41, 5.74) is 3.30. The molecule has 0 aliphatic heterocycles. The van der Waals surface area contributed by atoms with Crippen LogP contribution in [0.3, 0.4) is 0 Å². The molecule has 0 amide bonds. The number of hydrogen-bond donors (Lipinski definition) is 1. The largest absolute Gasteiger partial charge is 0.496 e. The highest BCUT2D eigenvalue weighted by atomic mass is 16.5. The number of methoxy groups -OCH3 is 1. The van der Waals surface area contributed by atoms with E-state index in [9.17, 15) is 0 Å². The van der Waals surface area contributed by atoms with Crippen LogP contribution in [0.2, 0.25) is 0 Å². The van der Waals surface area contributed by atoms with Gasteiger partial charge in [0.2, 0.25) is 0 Å². The van der Waals surface area contributed by atoms with Crippen LogP contribution in [0.15, 0.2) is 42.6 Å². The lowest BCUT2D eigenvalue weighted by Gasteiger charge is -2.20. The topological polar surface area (TPSA) is 34.1 Å². The molecule has 1 aromatic carbocycles. The molecule has 0 saturated carbocycles. The Labute approximate surface area is 108 Å². The Kier molecular flexibility index (Phi) is 3.95. The maximum absolute atomic E-state index is 5.42. The number of benzene rings is 1. The predicted molar refractivity (Wildman–Crippen MR) is 72.9 cm³/mol. The van der Waals surface area contributed by atoms with Gasteiger partial charge in [-0.15, -0.1) is 0 Å². The minimum absolute atomic E-state index is 0.0438. The van der Waals surface area contributed by atoms with Crippen molar-refractivity contribution < 1.29 is 4.74 Å². The zero-order valence-corrected chi connectivity index (χ0v) is 11.0. The number of aryl methyl sites for hydroxylation is 1. The van der Waals surface area contributed by atoms with Gasteiger partial charge in [0.1, 0.15) is 5.75 Å². The van der Waals surface area contributed by atoms with Crippen LogP contribution in [0, 0.1) is 6.92 Å². The number of aromatic nitrogens is 1. The van der Waals surface area contributed by atoms with Gasteiger partial charge in [-0.1, -0.05) is 24.3 Å². The summed E-state index contributed by atoms with van der Waals surface area (Å²) < 4.78 is 5.42. The first-order valence-corrected chi connectivity index (χ1v) is 5.99. The van der Waals surface area contributed by atoms with Crippen molar-refractivity contribution in [1.82, 2.24) is 10.3 Å². The molecule has 2 rings (SSSR count). The van der Waals surface area contributed by atoms with Crippen molar-refractivity contribution in [1.29, 1.82) is 0 Å². The monoisotopic (exact) mass is 242 g/mol. The molecule has 18 heavy (non-hydrogen) atoms. The van der Waals surface area contributed by atoms with Crippen molar-refractivity contribution in [3.05, 3.63) is 59.4 Å². The fraction of sp³-hybridized carbons (Fsp3) is 0.267. The van der Waals surface area contributed by atoms with Crippen molar-refractivity contribution in [2.24, 2.45) is 0 Å². The first kappa shape index (κ1) is 12.6. The summed E-state index contributed by atoms with van der Waals surface area (Å²) in [6.07, 6.45) is 1.82. The number of pyridine rings is 1. The number of hydrogen-bond acceptors (Lipinski definition) is 3. The van der Waals surface area contributed by atoms with Crippen molar-refractivity contribution >= 4 is 0 Å². The Hall–Kier alpha value is -1.87. The molecule has 0 bridgehead atoms. The van der Waals surface area contributed by atoms with Gasteiger partial charge in [-0.3, -0.25) is 4.98 Å². The number of rotatable bonds is 4. The third-order valence-electron chi connectivity index (χ3n) is 3.06. The highest BCUT2D eigenvalue weighted by Gasteiger charge is 2.18. The molecule has 3 nitrogen and oxygen atoms in total. The second kappa shape index (κ2) is 5.65. The van der Waals surface area contributed by atoms with E-state index in [0.717, 1.165) is 17.0 Å². The maximum Gasteiger partial charge on any atom is 0.124 e. The molecule has 1 heterocycles. The third-order valence-corrected chi connectivity index (χ3v) is 3.06. The Morgan fingerprint density at radius 3 is 2.61 bits per heavy atom. The minimum atomic E-state index is 0.0438. The molecule has 1 N–H and O–H groups in total. The second-order valence-electron chi connectivity index (χ2n) is 4.17. The lowest BCUT2D eigenvalue weighted by molar-refractivity contribution is 0.405. The summed E-state index contributed by atoms with van der Waals surface area (Å²) in [7, 11) is 3.63. The summed E-state index contributed by atoms with van der Waals surface area (Å²) in [5, 5.41) is 3.31. The normalized spacial score (nSPS) is 12.2. The van der Waals surface area contributed by atoms with Crippen LogP contribution in [0.25, 0.3) is 0 Å². The molecule has 1 unspecified atom stereocenters. The quantitative estimate of drug-likeness (QED) is 0.895. The first-order valence-electron chi connectivity index (χ1n) is 5.99. The summed E-state index contributed by atoms with van der Waals surface area (Å²) >= 11 is 0. The highest BCUT2D eigenvalue weighted by molar-refractivity contribution is 5.41. The van der Waals surface area contributed by atoms with Gasteiger partial charge in [-0.25, -0.2) is 0 Å². The Bertz CT molecular complexity index is 525. The van der Waals surface area contributed by atoms with Gasteiger partial charge < -0.3 is 10.1 Å². The number of nitrogens with one attached hydrogen (secondary N) is 1. The lowest BCUT2D eigenvalue weighted by atomic mass is 9.99. The fourth-order valence-corrected chi connectivity index (χ4v) is 2.14. The van der Waals surface area contributed by atoms with Crippen LogP contribution >= 0.6 is 0 Å². The van der Waals surface area contributed by atoms with Gasteiger partial charge in [0, 0.05) is 11.8 Å². The standard InChI is InChI=1S/C15H18N2O/c1-11-7-6-10-17-14(11)15(16-2)12-8-4-5-9-13(12)18-3/h4-10,15-16H,1-3H3. The zero-order valence-electron chi connectivity index (χ0n) is 11.0. The van der Waals surface area contributed by atoms with Crippen LogP contribution in [0.1, 0.15) is 22.9 Å². The number of para-hydroxylation sites is 1. The summed E-state index contributed by atoms with van der Waals surface area (Å²) in [6.45, 7) is 2.07. The van der Waals surface area contributed by atoms with Crippen molar-refractivity contribution in [3.8, 4) is 5.75 Å². The van der Waals surface area contributed by atoms with Gasteiger partial charge in [-0.2, -0.15) is 0 Å². The predicted octanol–water partition coefficient (Wildman–Crippen LogP) is 2.71. The van der Waals surface area contributed by atoms with Crippen LogP contribution < -0.4 is 10.1 Å². The van der Waals surface area contributed by atoms with Gasteiger partial charge in [0.05, 0.1) is 18.8 Å². The number of nitrogens with zero attached hydrogens (tertiary/aromatic N) is 1. The van der Waals surface area contributed by atoms with Gasteiger partial charge in [-0.05, 0) is 31.7 Å². The molecular formula is C15H18N2O. The summed E-state index contributed by atoms with van der Waals surface area (Å²) in [4.78, 5) is 4.48. The van der Waals surface area contributed by atoms with E-state index >= 15 is 0 Å². The average molecular weight is 242 g/mol. The van der Waals surface area contributed by atoms with Crippen molar-refractivity contribution in [3.63, 3.8) is 0 Å². The summed E-state index contributed by atoms with van der Waals surface area (Å²) in [5.74, 6) is 0.877. The molecular weight excluding hydrogens is 224 g/mol. The van der Waals surface area contributed by atoms with Gasteiger partial charge in [0.25, 0.3) is 0 Å². The number of ether oxygens (including phenoxy) is 1. The van der Waals surface area contributed by atoms with Crippen LogP contribution in [-0.4, -0.2) is 19.1 Å². The highest BCUT2D eigenvalue weighted by Crippen LogP contribution is 2.29. The summed E-state index contributed by atoms with van der Waals surface area (Å²) in [6, 6.07) is 12.1. The van der Waals surface area contributed by atoms with Crippen LogP contribution in [0.4, 0.5) is 0 Å². The van der Waals surface area contributed by atoms with E-state index in [1.807, 2.05) is 37.5 Å². The molecule has 1 aromatic heterocycles. The average Bonchev–Trinajstić information content (AvgIpc) is 2.42. The maximum atomic E-state index is 5.42. The molecule has 1 atom stereocenters. The second-order valence-corrected chi connectivity index (χ2v) is 4.17. The van der Waals surface area contributed by atoms with E-state index < -0.39 is 0 Å². The van der Waals surface area contributed by atoms with Gasteiger partial charge >= 0.3 is 0 Å². The van der Waals surface area contributed by atoms with Crippen LogP contribution in [0.5, 0.6) is 5.75 Å². The molecule has 0 spiro atoms. The lowest BCUT2D eigenvalue weighted by Crippen LogP contribution is -2.20. The minimum Gasteiger partial charge on any atom is -0.496 e. The Morgan fingerprint density at radius 1 is 1.17 bits per heavy atom. The van der Waals surface area contributed by atoms with E-state index in [1.165, 1.54) is 5.56 Å². The SMILES string of the molecule is CNC(c1ccccc1OC)c1ncccc1C. The van der Waals surface area contributed by atoms with Crippen molar-refractivity contribution in [2.45, 2.75) is 13.0 Å². The van der Waals surface area contributed by atoms with Crippen molar-refractivity contribution in [2.75, 3.05) is 14.2 Å². The van der Waals surface area contributed by atoms with E-state index in [-0.39, 0.29) is 6.04 Å². The van der Waals surface area contributed by atoms with E-state index in [1.54, 1.807) is 7.11 Å². The molecule has 0 aliphatic carbocycles. The molecule has 3 heteroatoms. The molecule has 2 aromatic rings. The third kappa shape index (κ3) is 2.36. The molecule has 0 saturated heterocycles. The zero-order chi connectivity index (χ0) is 13.0. The molecule has 0 aliphatic rings. The van der Waals surface area contributed by atoms with E-state index in [0.29, 0.717) is 0 Å². The first-order chi connectivity index (χ1) is 8.77. The van der Waals surface area contributed by atoms with Crippen LogP contribution in [-0.2, 0) is 0 Å². The molecule has 0 radical (unpaired) electrons.